The number of para-hydroxylation sites is 3. The Balaban J connectivity index is 1.12. The van der Waals surface area contributed by atoms with Crippen LogP contribution >= 0.6 is 0 Å². The summed E-state index contributed by atoms with van der Waals surface area (Å²) in [6.07, 6.45) is 4.72. The molecule has 5 heterocycles. The van der Waals surface area contributed by atoms with E-state index < -0.39 is 0 Å². The molecule has 14 rings (SSSR count). The van der Waals surface area contributed by atoms with E-state index in [9.17, 15) is 0 Å². The molecular formula is C64H58BN3O2. The van der Waals surface area contributed by atoms with Crippen molar-refractivity contribution >= 4 is 112 Å². The monoisotopic (exact) mass is 911 g/mol. The Hall–Kier alpha value is -7.18. The highest BCUT2D eigenvalue weighted by atomic mass is 16.3. The second-order valence-electron chi connectivity index (χ2n) is 23.3. The lowest BCUT2D eigenvalue weighted by atomic mass is 9.33. The van der Waals surface area contributed by atoms with E-state index in [4.69, 9.17) is 8.83 Å². The minimum absolute atomic E-state index is 0.0149. The van der Waals surface area contributed by atoms with Gasteiger partial charge in [0.05, 0.1) is 5.54 Å². The lowest BCUT2D eigenvalue weighted by Crippen LogP contribution is -2.61. The summed E-state index contributed by atoms with van der Waals surface area (Å²) in [6.45, 7) is 19.1. The van der Waals surface area contributed by atoms with E-state index in [0.29, 0.717) is 0 Å². The molecule has 8 aromatic carbocycles. The first kappa shape index (κ1) is 41.8. The Morgan fingerprint density at radius 3 is 1.63 bits per heavy atom. The zero-order valence-electron chi connectivity index (χ0n) is 41.6. The lowest BCUT2D eigenvalue weighted by molar-refractivity contribution is 0.195. The molecule has 10 aromatic rings. The predicted octanol–water partition coefficient (Wildman–Crippen LogP) is 15.9. The summed E-state index contributed by atoms with van der Waals surface area (Å²) in [5.74, 6) is 0. The van der Waals surface area contributed by atoms with Gasteiger partial charge in [0.2, 0.25) is 0 Å². The molecule has 0 N–H and O–H groups in total. The third-order valence-corrected chi connectivity index (χ3v) is 17.3. The largest absolute Gasteiger partial charge is 0.456 e. The van der Waals surface area contributed by atoms with Crippen LogP contribution in [0.4, 0.5) is 45.5 Å². The van der Waals surface area contributed by atoms with Crippen molar-refractivity contribution in [3.05, 3.63) is 174 Å². The van der Waals surface area contributed by atoms with E-state index in [1.54, 1.807) is 0 Å². The average Bonchev–Trinajstić information content (AvgIpc) is 3.98. The van der Waals surface area contributed by atoms with E-state index in [1.807, 2.05) is 0 Å². The molecule has 3 aliphatic heterocycles. The molecular weight excluding hydrogens is 854 g/mol. The molecule has 2 aromatic heterocycles. The molecule has 2 unspecified atom stereocenters. The van der Waals surface area contributed by atoms with Gasteiger partial charge in [0.15, 0.2) is 0 Å². The van der Waals surface area contributed by atoms with Gasteiger partial charge in [-0.2, -0.15) is 0 Å². The van der Waals surface area contributed by atoms with Crippen LogP contribution in [0, 0.1) is 0 Å². The molecule has 70 heavy (non-hydrogen) atoms. The van der Waals surface area contributed by atoms with Crippen molar-refractivity contribution in [2.75, 3.05) is 14.7 Å². The van der Waals surface area contributed by atoms with Gasteiger partial charge >= 0.3 is 0 Å². The second kappa shape index (κ2) is 14.2. The number of furan rings is 2. The Bertz CT molecular complexity index is 3850. The fourth-order valence-corrected chi connectivity index (χ4v) is 13.4. The molecule has 0 radical (unpaired) electrons. The molecule has 0 saturated heterocycles. The van der Waals surface area contributed by atoms with Gasteiger partial charge in [-0.3, -0.25) is 0 Å². The Morgan fingerprint density at radius 2 is 0.971 bits per heavy atom. The molecule has 1 fully saturated rings. The summed E-state index contributed by atoms with van der Waals surface area (Å²) >= 11 is 0. The summed E-state index contributed by atoms with van der Waals surface area (Å²) in [4.78, 5) is 7.95. The van der Waals surface area contributed by atoms with Crippen LogP contribution in [0.15, 0.2) is 167 Å². The van der Waals surface area contributed by atoms with Crippen molar-refractivity contribution in [2.24, 2.45) is 0 Å². The Kier molecular flexibility index (Phi) is 8.49. The van der Waals surface area contributed by atoms with Crippen LogP contribution in [-0.4, -0.2) is 12.3 Å². The summed E-state index contributed by atoms with van der Waals surface area (Å²) < 4.78 is 13.2. The molecule has 1 saturated carbocycles. The van der Waals surface area contributed by atoms with Crippen LogP contribution in [0.2, 0.25) is 0 Å². The fraction of sp³-hybridized carbons (Fsp3) is 0.250. The third-order valence-electron chi connectivity index (χ3n) is 17.3. The van der Waals surface area contributed by atoms with Gasteiger partial charge in [-0.25, -0.2) is 0 Å². The van der Waals surface area contributed by atoms with Gasteiger partial charge in [-0.1, -0.05) is 140 Å². The summed E-state index contributed by atoms with van der Waals surface area (Å²) in [5.41, 5.74) is 20.9. The molecule has 0 spiro atoms. The highest BCUT2D eigenvalue weighted by molar-refractivity contribution is 7.00. The van der Waals surface area contributed by atoms with Crippen molar-refractivity contribution in [1.82, 2.24) is 0 Å². The summed E-state index contributed by atoms with van der Waals surface area (Å²) in [6, 6.07) is 59.7. The normalized spacial score (nSPS) is 19.5. The van der Waals surface area contributed by atoms with Crippen LogP contribution in [0.5, 0.6) is 0 Å². The smallest absolute Gasteiger partial charge is 0.252 e. The number of anilines is 8. The molecule has 344 valence electrons. The van der Waals surface area contributed by atoms with Crippen molar-refractivity contribution in [1.29, 1.82) is 0 Å². The topological polar surface area (TPSA) is 36.0 Å². The van der Waals surface area contributed by atoms with Gasteiger partial charge in [0.25, 0.3) is 6.71 Å². The van der Waals surface area contributed by atoms with E-state index in [1.165, 1.54) is 80.0 Å². The SMILES string of the molecule is CC(C)(C)c1ccc2c(c1)N(c1ccc3c(c1)oc1ccccc13)c1cc(N3c4ccccc4C4(C)CCCCC34C)cc3c1B2c1ccc(C(C)(C)C)cc1N3c1ccc2oc3ccccc3c2c1. The maximum absolute atomic E-state index is 6.71. The van der Waals surface area contributed by atoms with Crippen LogP contribution in [0.1, 0.15) is 97.8 Å². The highest BCUT2D eigenvalue weighted by Crippen LogP contribution is 2.62. The summed E-state index contributed by atoms with van der Waals surface area (Å²) in [5, 5.41) is 4.51. The quantitative estimate of drug-likeness (QED) is 0.165. The van der Waals surface area contributed by atoms with E-state index in [2.05, 4.69) is 228 Å². The molecule has 0 amide bonds. The molecule has 1 aliphatic carbocycles. The first-order chi connectivity index (χ1) is 33.7. The van der Waals surface area contributed by atoms with E-state index in [0.717, 1.165) is 68.1 Å². The molecule has 0 bridgehead atoms. The highest BCUT2D eigenvalue weighted by Gasteiger charge is 2.58. The first-order valence-corrected chi connectivity index (χ1v) is 25.5. The Morgan fingerprint density at radius 1 is 0.443 bits per heavy atom. The molecule has 6 heteroatoms. The minimum atomic E-state index is -0.148. The average molecular weight is 912 g/mol. The lowest BCUT2D eigenvalue weighted by Gasteiger charge is -2.51. The predicted molar refractivity (Wildman–Crippen MR) is 295 cm³/mol. The van der Waals surface area contributed by atoms with Crippen LogP contribution < -0.4 is 31.1 Å². The number of rotatable bonds is 3. The van der Waals surface area contributed by atoms with Crippen molar-refractivity contribution in [3.63, 3.8) is 0 Å². The zero-order chi connectivity index (χ0) is 47.6. The zero-order valence-corrected chi connectivity index (χ0v) is 41.6. The fourth-order valence-electron chi connectivity index (χ4n) is 13.4. The van der Waals surface area contributed by atoms with E-state index >= 15 is 0 Å². The number of hydrogen-bond donors (Lipinski definition) is 0. The molecule has 2 atom stereocenters. The van der Waals surface area contributed by atoms with Crippen LogP contribution in [0.25, 0.3) is 43.9 Å². The van der Waals surface area contributed by atoms with Gasteiger partial charge in [-0.05, 0) is 136 Å². The number of hydrogen-bond acceptors (Lipinski definition) is 5. The standard InChI is InChI=1S/C64H58BN3O2/c1-61(2,3)39-23-28-49-52(33-39)66(41-26-30-58-47(35-41)45-18-10-14-22-57(45)69-58)54-36-43(68-51-20-12-11-19-48(51)63(7)31-15-16-32-64(63,68)8)37-55-60(54)65(49)50-29-24-40(62(4,5)6)34-53(50)67(55)42-25-27-46-44-17-9-13-21-56(44)70-59(46)38-42/h9-14,17-30,33-38H,15-16,31-32H2,1-8H3. The van der Waals surface area contributed by atoms with Crippen LogP contribution in [-0.2, 0) is 16.2 Å². The van der Waals surface area contributed by atoms with Gasteiger partial charge in [-0.15, -0.1) is 0 Å². The summed E-state index contributed by atoms with van der Waals surface area (Å²) in [7, 11) is 0. The number of benzene rings is 8. The molecule has 5 nitrogen and oxygen atoms in total. The number of fused-ring (bicyclic) bond motifs is 13. The van der Waals surface area contributed by atoms with Crippen molar-refractivity contribution < 1.29 is 8.83 Å². The van der Waals surface area contributed by atoms with Crippen molar-refractivity contribution in [3.8, 4) is 0 Å². The van der Waals surface area contributed by atoms with E-state index in [-0.39, 0.29) is 28.5 Å². The first-order valence-electron chi connectivity index (χ1n) is 25.5. The Labute approximate surface area is 411 Å². The third kappa shape index (κ3) is 5.68. The van der Waals surface area contributed by atoms with Gasteiger partial charge in [0.1, 0.15) is 22.3 Å². The maximum atomic E-state index is 6.71. The van der Waals surface area contributed by atoms with Gasteiger partial charge in [0, 0.05) is 78.5 Å². The maximum Gasteiger partial charge on any atom is 0.252 e. The van der Waals surface area contributed by atoms with Crippen molar-refractivity contribution in [2.45, 2.75) is 103 Å². The van der Waals surface area contributed by atoms with Crippen LogP contribution in [0.3, 0.4) is 0 Å². The van der Waals surface area contributed by atoms with Gasteiger partial charge < -0.3 is 23.5 Å². The second-order valence-corrected chi connectivity index (χ2v) is 23.3. The molecule has 4 aliphatic rings. The number of nitrogens with zero attached hydrogens (tertiary/aromatic N) is 3. The minimum Gasteiger partial charge on any atom is -0.456 e.